The highest BCUT2D eigenvalue weighted by Crippen LogP contribution is 2.15. The predicted octanol–water partition coefficient (Wildman–Crippen LogP) is 0.408. The number of aromatic nitrogens is 2. The molecule has 104 valence electrons. The predicted molar refractivity (Wildman–Crippen MR) is 70.5 cm³/mol. The van der Waals surface area contributed by atoms with E-state index in [0.29, 0.717) is 11.6 Å². The molecule has 0 saturated carbocycles. The molecule has 1 atom stereocenters. The van der Waals surface area contributed by atoms with Crippen LogP contribution >= 0.6 is 0 Å². The summed E-state index contributed by atoms with van der Waals surface area (Å²) in [6.45, 7) is 3.77. The van der Waals surface area contributed by atoms with E-state index in [0.717, 1.165) is 19.5 Å². The molecule has 0 aliphatic carbocycles. The van der Waals surface area contributed by atoms with Crippen LogP contribution < -0.4 is 5.32 Å². The number of amides is 2. The number of nitrogens with zero attached hydrogens (tertiary/aromatic N) is 3. The van der Waals surface area contributed by atoms with E-state index in [1.54, 1.807) is 24.0 Å². The summed E-state index contributed by atoms with van der Waals surface area (Å²) in [6.07, 6.45) is 3.91. The lowest BCUT2D eigenvalue weighted by Gasteiger charge is -2.30. The van der Waals surface area contributed by atoms with Crippen LogP contribution in [0.3, 0.4) is 0 Å². The Morgan fingerprint density at radius 3 is 2.95 bits per heavy atom. The van der Waals surface area contributed by atoms with Gasteiger partial charge in [-0.25, -0.2) is 0 Å². The SMILES string of the molecule is C[C@@H]1CCCN(C(=O)CNC(=O)c2ccn(C)n2)C1. The zero-order valence-electron chi connectivity index (χ0n) is 11.4. The van der Waals surface area contributed by atoms with Crippen molar-refractivity contribution in [3.05, 3.63) is 18.0 Å². The van der Waals surface area contributed by atoms with Gasteiger partial charge in [0.15, 0.2) is 0 Å². The van der Waals surface area contributed by atoms with E-state index in [2.05, 4.69) is 17.3 Å². The van der Waals surface area contributed by atoms with Crippen molar-refractivity contribution in [1.82, 2.24) is 20.0 Å². The van der Waals surface area contributed by atoms with E-state index < -0.39 is 0 Å². The van der Waals surface area contributed by atoms with Gasteiger partial charge in [0, 0.05) is 26.3 Å². The maximum atomic E-state index is 12.0. The zero-order valence-corrected chi connectivity index (χ0v) is 11.4. The number of aryl methyl sites for hydroxylation is 1. The lowest BCUT2D eigenvalue weighted by molar-refractivity contribution is -0.131. The molecule has 1 fully saturated rings. The van der Waals surface area contributed by atoms with Crippen LogP contribution in [-0.2, 0) is 11.8 Å². The van der Waals surface area contributed by atoms with E-state index >= 15 is 0 Å². The average molecular weight is 264 g/mol. The number of likely N-dealkylation sites (tertiary alicyclic amines) is 1. The van der Waals surface area contributed by atoms with Gasteiger partial charge in [-0.1, -0.05) is 6.92 Å². The largest absolute Gasteiger partial charge is 0.342 e. The molecule has 19 heavy (non-hydrogen) atoms. The smallest absolute Gasteiger partial charge is 0.272 e. The third kappa shape index (κ3) is 3.56. The minimum Gasteiger partial charge on any atom is -0.342 e. The monoisotopic (exact) mass is 264 g/mol. The van der Waals surface area contributed by atoms with Crippen LogP contribution in [0.5, 0.6) is 0 Å². The highest BCUT2D eigenvalue weighted by molar-refractivity contribution is 5.94. The summed E-state index contributed by atoms with van der Waals surface area (Å²) in [5, 5.41) is 6.61. The van der Waals surface area contributed by atoms with E-state index in [4.69, 9.17) is 0 Å². The van der Waals surface area contributed by atoms with E-state index in [1.807, 2.05) is 4.90 Å². The maximum Gasteiger partial charge on any atom is 0.272 e. The Morgan fingerprint density at radius 2 is 2.32 bits per heavy atom. The lowest BCUT2D eigenvalue weighted by Crippen LogP contribution is -2.44. The zero-order chi connectivity index (χ0) is 13.8. The fourth-order valence-corrected chi connectivity index (χ4v) is 2.31. The van der Waals surface area contributed by atoms with Crippen molar-refractivity contribution in [2.75, 3.05) is 19.6 Å². The van der Waals surface area contributed by atoms with Crippen molar-refractivity contribution in [1.29, 1.82) is 0 Å². The average Bonchev–Trinajstić information content (AvgIpc) is 2.82. The Labute approximate surface area is 112 Å². The number of hydrogen-bond acceptors (Lipinski definition) is 3. The summed E-state index contributed by atoms with van der Waals surface area (Å²) >= 11 is 0. The Morgan fingerprint density at radius 1 is 1.53 bits per heavy atom. The van der Waals surface area contributed by atoms with Crippen molar-refractivity contribution in [3.63, 3.8) is 0 Å². The molecular weight excluding hydrogens is 244 g/mol. The van der Waals surface area contributed by atoms with E-state index in [1.165, 1.54) is 6.42 Å². The van der Waals surface area contributed by atoms with Gasteiger partial charge in [0.2, 0.25) is 5.91 Å². The molecule has 1 saturated heterocycles. The Hall–Kier alpha value is -1.85. The molecule has 0 aromatic carbocycles. The first-order valence-corrected chi connectivity index (χ1v) is 6.62. The number of rotatable bonds is 3. The molecule has 1 N–H and O–H groups in total. The molecule has 2 heterocycles. The third-order valence-corrected chi connectivity index (χ3v) is 3.36. The number of carbonyl (C=O) groups excluding carboxylic acids is 2. The summed E-state index contributed by atoms with van der Waals surface area (Å²) in [7, 11) is 1.75. The van der Waals surface area contributed by atoms with Crippen LogP contribution in [0.15, 0.2) is 12.3 Å². The second kappa shape index (κ2) is 5.86. The van der Waals surface area contributed by atoms with Gasteiger partial charge >= 0.3 is 0 Å². The Balaban J connectivity index is 1.81. The van der Waals surface area contributed by atoms with Gasteiger partial charge in [-0.3, -0.25) is 14.3 Å². The van der Waals surface area contributed by atoms with Gasteiger partial charge in [-0.2, -0.15) is 5.10 Å². The quantitative estimate of drug-likeness (QED) is 0.859. The number of piperidine rings is 1. The molecule has 2 rings (SSSR count). The maximum absolute atomic E-state index is 12.0. The van der Waals surface area contributed by atoms with Crippen molar-refractivity contribution < 1.29 is 9.59 Å². The van der Waals surface area contributed by atoms with Gasteiger partial charge in [0.25, 0.3) is 5.91 Å². The van der Waals surface area contributed by atoms with Crippen LogP contribution in [0.25, 0.3) is 0 Å². The first kappa shape index (κ1) is 13.6. The summed E-state index contributed by atoms with van der Waals surface area (Å²) in [6, 6.07) is 1.63. The van der Waals surface area contributed by atoms with Crippen molar-refractivity contribution in [2.45, 2.75) is 19.8 Å². The van der Waals surface area contributed by atoms with Gasteiger partial charge in [-0.15, -0.1) is 0 Å². The van der Waals surface area contributed by atoms with Gasteiger partial charge < -0.3 is 10.2 Å². The molecule has 0 unspecified atom stereocenters. The summed E-state index contributed by atoms with van der Waals surface area (Å²) in [5.41, 5.74) is 0.335. The second-order valence-corrected chi connectivity index (χ2v) is 5.14. The Bertz CT molecular complexity index is 469. The van der Waals surface area contributed by atoms with Crippen LogP contribution in [-0.4, -0.2) is 46.1 Å². The molecule has 0 bridgehead atoms. The Kier molecular flexibility index (Phi) is 4.19. The minimum atomic E-state index is -0.306. The topological polar surface area (TPSA) is 67.2 Å². The molecule has 1 aromatic heterocycles. The van der Waals surface area contributed by atoms with Crippen molar-refractivity contribution in [2.24, 2.45) is 13.0 Å². The molecule has 1 aliphatic rings. The molecule has 0 radical (unpaired) electrons. The van der Waals surface area contributed by atoms with Gasteiger partial charge in [0.05, 0.1) is 6.54 Å². The molecule has 1 aliphatic heterocycles. The van der Waals surface area contributed by atoms with Crippen LogP contribution in [0.2, 0.25) is 0 Å². The summed E-state index contributed by atoms with van der Waals surface area (Å²) in [4.78, 5) is 25.5. The lowest BCUT2D eigenvalue weighted by atomic mass is 10.0. The number of carbonyl (C=O) groups is 2. The molecule has 0 spiro atoms. The van der Waals surface area contributed by atoms with Crippen LogP contribution in [0.4, 0.5) is 0 Å². The van der Waals surface area contributed by atoms with Crippen molar-refractivity contribution >= 4 is 11.8 Å². The van der Waals surface area contributed by atoms with E-state index in [9.17, 15) is 9.59 Å². The van der Waals surface area contributed by atoms with Crippen LogP contribution in [0, 0.1) is 5.92 Å². The first-order chi connectivity index (χ1) is 9.06. The molecule has 6 heteroatoms. The highest BCUT2D eigenvalue weighted by Gasteiger charge is 2.21. The highest BCUT2D eigenvalue weighted by atomic mass is 16.2. The summed E-state index contributed by atoms with van der Waals surface area (Å²) < 4.78 is 1.56. The van der Waals surface area contributed by atoms with Gasteiger partial charge in [-0.05, 0) is 24.8 Å². The fraction of sp³-hybridized carbons (Fsp3) is 0.615. The van der Waals surface area contributed by atoms with Crippen LogP contribution in [0.1, 0.15) is 30.3 Å². The number of hydrogen-bond donors (Lipinski definition) is 1. The second-order valence-electron chi connectivity index (χ2n) is 5.14. The van der Waals surface area contributed by atoms with Gasteiger partial charge in [0.1, 0.15) is 5.69 Å². The molecular formula is C13H20N4O2. The standard InChI is InChI=1S/C13H20N4O2/c1-10-4-3-6-17(9-10)12(18)8-14-13(19)11-5-7-16(2)15-11/h5,7,10H,3-4,6,8-9H2,1-2H3,(H,14,19)/t10-/m1/s1. The van der Waals surface area contributed by atoms with Crippen molar-refractivity contribution in [3.8, 4) is 0 Å². The third-order valence-electron chi connectivity index (χ3n) is 3.36. The molecule has 6 nitrogen and oxygen atoms in total. The summed E-state index contributed by atoms with van der Waals surface area (Å²) in [5.74, 6) is 0.221. The number of nitrogens with one attached hydrogen (secondary N) is 1. The molecule has 1 aromatic rings. The first-order valence-electron chi connectivity index (χ1n) is 6.62. The van der Waals surface area contributed by atoms with E-state index in [-0.39, 0.29) is 18.4 Å². The normalized spacial score (nSPS) is 19.3. The minimum absolute atomic E-state index is 0.0177. The molecule has 2 amide bonds. The fourth-order valence-electron chi connectivity index (χ4n) is 2.31.